The molecule has 1 aliphatic carbocycles. The molecule has 1 N–H and O–H groups in total. The fraction of sp³-hybridized carbons (Fsp3) is 0.444. The minimum Gasteiger partial charge on any atom is -0.476 e. The van der Waals surface area contributed by atoms with E-state index in [0.717, 1.165) is 6.42 Å². The molecule has 39 heavy (non-hydrogen) atoms. The van der Waals surface area contributed by atoms with Gasteiger partial charge in [-0.1, -0.05) is 25.1 Å². The number of rotatable bonds is 9. The van der Waals surface area contributed by atoms with Crippen LogP contribution in [-0.2, 0) is 10.0 Å². The van der Waals surface area contributed by atoms with Crippen molar-refractivity contribution in [3.63, 3.8) is 0 Å². The van der Waals surface area contributed by atoms with Crippen LogP contribution in [0, 0.1) is 11.3 Å². The van der Waals surface area contributed by atoms with E-state index in [1.54, 1.807) is 36.5 Å². The molecule has 3 heterocycles. The number of benzene rings is 1. The van der Waals surface area contributed by atoms with Gasteiger partial charge >= 0.3 is 0 Å². The van der Waals surface area contributed by atoms with E-state index < -0.39 is 27.8 Å². The molecule has 0 radical (unpaired) electrons. The molecule has 1 amide bonds. The fourth-order valence-corrected chi connectivity index (χ4v) is 6.05. The van der Waals surface area contributed by atoms with Crippen molar-refractivity contribution in [2.75, 3.05) is 18.1 Å². The van der Waals surface area contributed by atoms with Crippen LogP contribution in [0.5, 0.6) is 5.88 Å². The number of anilines is 1. The summed E-state index contributed by atoms with van der Waals surface area (Å²) in [5.74, 6) is 0.414. The van der Waals surface area contributed by atoms with Crippen LogP contribution >= 0.6 is 0 Å². The van der Waals surface area contributed by atoms with Crippen LogP contribution in [-0.4, -0.2) is 54.2 Å². The highest BCUT2D eigenvalue weighted by Crippen LogP contribution is 2.50. The largest absolute Gasteiger partial charge is 0.476 e. The van der Waals surface area contributed by atoms with Crippen molar-refractivity contribution in [1.82, 2.24) is 19.5 Å². The molecule has 2 aliphatic rings. The molecular weight excluding hydrogens is 528 g/mol. The molecular formula is C27H31F2N5O4S. The maximum absolute atomic E-state index is 13.3. The van der Waals surface area contributed by atoms with Crippen LogP contribution in [0.1, 0.15) is 50.4 Å². The van der Waals surface area contributed by atoms with E-state index in [4.69, 9.17) is 9.72 Å². The first-order valence-electron chi connectivity index (χ1n) is 12.8. The van der Waals surface area contributed by atoms with Crippen LogP contribution in [0.3, 0.4) is 0 Å². The van der Waals surface area contributed by atoms with Crippen LogP contribution in [0.4, 0.5) is 14.6 Å². The van der Waals surface area contributed by atoms with Crippen molar-refractivity contribution in [2.45, 2.75) is 56.9 Å². The van der Waals surface area contributed by atoms with Gasteiger partial charge in [-0.05, 0) is 63.3 Å². The average Bonchev–Trinajstić information content (AvgIpc) is 3.45. The second-order valence-corrected chi connectivity index (χ2v) is 12.8. The summed E-state index contributed by atoms with van der Waals surface area (Å²) in [5, 5.41) is 4.34. The normalized spacial score (nSPS) is 19.7. The lowest BCUT2D eigenvalue weighted by Crippen LogP contribution is -2.41. The molecule has 2 aromatic heterocycles. The summed E-state index contributed by atoms with van der Waals surface area (Å²) in [5.41, 5.74) is -1.33. The Morgan fingerprint density at radius 3 is 2.49 bits per heavy atom. The molecule has 3 aromatic rings. The third-order valence-electron chi connectivity index (χ3n) is 7.38. The number of alkyl halides is 2. The van der Waals surface area contributed by atoms with Gasteiger partial charge < -0.3 is 9.64 Å². The number of amides is 1. The van der Waals surface area contributed by atoms with E-state index in [1.807, 2.05) is 18.7 Å². The van der Waals surface area contributed by atoms with Gasteiger partial charge in [0, 0.05) is 24.3 Å². The number of sulfonamides is 1. The second-order valence-electron chi connectivity index (χ2n) is 11.1. The van der Waals surface area contributed by atoms with Crippen LogP contribution in [0.25, 0.3) is 5.82 Å². The number of nitrogens with one attached hydrogen (secondary N) is 1. The lowest BCUT2D eigenvalue weighted by Gasteiger charge is -2.34. The van der Waals surface area contributed by atoms with Gasteiger partial charge in [0.2, 0.25) is 12.3 Å². The minimum absolute atomic E-state index is 0.0245. The van der Waals surface area contributed by atoms with E-state index in [-0.39, 0.29) is 28.5 Å². The SMILES string of the molecule is C[C@@H]1CN(c2nc(-n3ccc(OCC4(C(F)F)CC4)n3)ccc2C(=O)NS(=O)(=O)c2ccccc2)C(C)(C)C1. The zero-order valence-electron chi connectivity index (χ0n) is 22.0. The zero-order valence-corrected chi connectivity index (χ0v) is 22.8. The van der Waals surface area contributed by atoms with Gasteiger partial charge in [-0.15, -0.1) is 5.10 Å². The van der Waals surface area contributed by atoms with Gasteiger partial charge in [-0.3, -0.25) is 4.79 Å². The van der Waals surface area contributed by atoms with Gasteiger partial charge in [0.15, 0.2) is 5.82 Å². The van der Waals surface area contributed by atoms with Gasteiger partial charge in [0.05, 0.1) is 15.9 Å². The number of carbonyl (C=O) groups excluding carboxylic acids is 1. The highest BCUT2D eigenvalue weighted by Gasteiger charge is 2.52. The number of carbonyl (C=O) groups is 1. The highest BCUT2D eigenvalue weighted by molar-refractivity contribution is 7.90. The van der Waals surface area contributed by atoms with E-state index in [1.165, 1.54) is 22.9 Å². The Kier molecular flexibility index (Phi) is 6.86. The molecule has 208 valence electrons. The second kappa shape index (κ2) is 9.89. The van der Waals surface area contributed by atoms with Crippen molar-refractivity contribution in [2.24, 2.45) is 11.3 Å². The lowest BCUT2D eigenvalue weighted by molar-refractivity contribution is 0.0304. The highest BCUT2D eigenvalue weighted by atomic mass is 32.2. The molecule has 5 rings (SSSR count). The molecule has 2 fully saturated rings. The quantitative estimate of drug-likeness (QED) is 0.413. The summed E-state index contributed by atoms with van der Waals surface area (Å²) in [4.78, 5) is 20.1. The number of hydrogen-bond donors (Lipinski definition) is 1. The predicted molar refractivity (Wildman–Crippen MR) is 141 cm³/mol. The summed E-state index contributed by atoms with van der Waals surface area (Å²) in [7, 11) is -4.10. The molecule has 0 spiro atoms. The van der Waals surface area contributed by atoms with E-state index >= 15 is 0 Å². The standard InChI is InChI=1S/C27H31F2N5O4S/c1-18-15-26(2,3)33(16-18)23-20(24(35)32-39(36,37)19-7-5-4-6-8-19)9-10-21(30-23)34-14-11-22(31-34)38-17-27(12-13-27)25(28)29/h4-11,14,18,25H,12-13,15-17H2,1-3H3,(H,32,35)/t18-/m0/s1. The third-order valence-corrected chi connectivity index (χ3v) is 8.72. The maximum atomic E-state index is 13.3. The Balaban J connectivity index is 1.45. The predicted octanol–water partition coefficient (Wildman–Crippen LogP) is 4.43. The van der Waals surface area contributed by atoms with Gasteiger partial charge in [0.1, 0.15) is 12.4 Å². The summed E-state index contributed by atoms with van der Waals surface area (Å²) in [6, 6.07) is 12.3. The molecule has 1 saturated heterocycles. The topological polar surface area (TPSA) is 106 Å². The first-order chi connectivity index (χ1) is 18.4. The smallest absolute Gasteiger partial charge is 0.268 e. The molecule has 1 aromatic carbocycles. The Bertz CT molecular complexity index is 1470. The van der Waals surface area contributed by atoms with Crippen molar-refractivity contribution >= 4 is 21.7 Å². The average molecular weight is 560 g/mol. The van der Waals surface area contributed by atoms with Crippen molar-refractivity contribution in [3.05, 3.63) is 60.3 Å². The molecule has 0 bridgehead atoms. The molecule has 1 saturated carbocycles. The summed E-state index contributed by atoms with van der Waals surface area (Å²) < 4.78 is 61.4. The van der Waals surface area contributed by atoms with E-state index in [9.17, 15) is 22.0 Å². The Hall–Kier alpha value is -3.54. The Labute approximate surface area is 226 Å². The number of hydrogen-bond acceptors (Lipinski definition) is 7. The van der Waals surface area contributed by atoms with E-state index in [0.29, 0.717) is 36.9 Å². The monoisotopic (exact) mass is 559 g/mol. The molecule has 9 nitrogen and oxygen atoms in total. The number of nitrogens with zero attached hydrogens (tertiary/aromatic N) is 4. The van der Waals surface area contributed by atoms with Crippen molar-refractivity contribution < 1.29 is 26.7 Å². The van der Waals surface area contributed by atoms with Gasteiger partial charge in [0.25, 0.3) is 15.9 Å². The van der Waals surface area contributed by atoms with Gasteiger partial charge in [-0.2, -0.15) is 0 Å². The fourth-order valence-electron chi connectivity index (χ4n) is 5.06. The van der Waals surface area contributed by atoms with Crippen molar-refractivity contribution in [1.29, 1.82) is 0 Å². The van der Waals surface area contributed by atoms with Crippen LogP contribution in [0.15, 0.2) is 59.6 Å². The van der Waals surface area contributed by atoms with Crippen molar-refractivity contribution in [3.8, 4) is 11.7 Å². The van der Waals surface area contributed by atoms with Crippen LogP contribution < -0.4 is 14.4 Å². The Morgan fingerprint density at radius 2 is 1.87 bits per heavy atom. The minimum atomic E-state index is -4.10. The first-order valence-corrected chi connectivity index (χ1v) is 14.3. The molecule has 0 unspecified atom stereocenters. The number of ether oxygens (including phenoxy) is 1. The Morgan fingerprint density at radius 1 is 1.15 bits per heavy atom. The molecule has 1 aliphatic heterocycles. The zero-order chi connectivity index (χ0) is 28.0. The molecule has 12 heteroatoms. The van der Waals surface area contributed by atoms with E-state index in [2.05, 4.69) is 16.7 Å². The number of pyridine rings is 1. The lowest BCUT2D eigenvalue weighted by atomic mass is 9.97. The van der Waals surface area contributed by atoms with Gasteiger partial charge in [-0.25, -0.2) is 31.6 Å². The summed E-state index contributed by atoms with van der Waals surface area (Å²) in [6.07, 6.45) is 0.849. The third kappa shape index (κ3) is 5.47. The molecule has 1 atom stereocenters. The number of halogens is 2. The first kappa shape index (κ1) is 27.0. The summed E-state index contributed by atoms with van der Waals surface area (Å²) >= 11 is 0. The maximum Gasteiger partial charge on any atom is 0.268 e. The summed E-state index contributed by atoms with van der Waals surface area (Å²) in [6.45, 7) is 6.70. The van der Waals surface area contributed by atoms with Crippen LogP contribution in [0.2, 0.25) is 0 Å². The number of aromatic nitrogens is 3.